The van der Waals surface area contributed by atoms with Gasteiger partial charge in [-0.3, -0.25) is 0 Å². The van der Waals surface area contributed by atoms with Crippen LogP contribution in [0.1, 0.15) is 13.3 Å². The first-order chi connectivity index (χ1) is 14.1. The molecule has 0 amide bonds. The van der Waals surface area contributed by atoms with Gasteiger partial charge in [0.25, 0.3) is 5.78 Å². The van der Waals surface area contributed by atoms with Gasteiger partial charge < -0.3 is 0 Å². The molecule has 3 aromatic rings. The first-order valence-electron chi connectivity index (χ1n) is 8.27. The Labute approximate surface area is 169 Å². The molecule has 0 aliphatic carbocycles. The number of rotatable bonds is 7. The molecule has 0 saturated heterocycles. The third-order valence-electron chi connectivity index (χ3n) is 4.06. The van der Waals surface area contributed by atoms with Crippen molar-refractivity contribution < 1.29 is 26.5 Å². The minimum atomic E-state index is -1.74. The highest BCUT2D eigenvalue weighted by Crippen LogP contribution is 2.39. The number of alkyl halides is 1. The van der Waals surface area contributed by atoms with Crippen LogP contribution in [0.3, 0.4) is 0 Å². The average Bonchev–Trinajstić information content (AvgIpc) is 3.12. The molecule has 2 aromatic heterocycles. The molecule has 1 aromatic carbocycles. The Hall–Kier alpha value is -2.68. The van der Waals surface area contributed by atoms with Crippen molar-refractivity contribution in [3.8, 4) is 11.1 Å². The molecule has 0 aliphatic heterocycles. The van der Waals surface area contributed by atoms with Gasteiger partial charge in [0.2, 0.25) is 0 Å². The molecule has 1 atom stereocenters. The summed E-state index contributed by atoms with van der Waals surface area (Å²) in [5.74, 6) is 0.848. The zero-order valence-electron chi connectivity index (χ0n) is 15.1. The van der Waals surface area contributed by atoms with Crippen LogP contribution in [0, 0.1) is 17.5 Å². The summed E-state index contributed by atoms with van der Waals surface area (Å²) in [6.07, 6.45) is -0.910. The fourth-order valence-electron chi connectivity index (χ4n) is 2.65. The molecule has 15 heteroatoms. The van der Waals surface area contributed by atoms with Gasteiger partial charge in [0, 0.05) is 12.1 Å². The van der Waals surface area contributed by atoms with Crippen molar-refractivity contribution in [1.29, 1.82) is 0 Å². The lowest BCUT2D eigenvalue weighted by atomic mass is 10.1. The van der Waals surface area contributed by atoms with Crippen LogP contribution in [0.5, 0.6) is 0 Å². The van der Waals surface area contributed by atoms with Gasteiger partial charge in [-0.2, -0.15) is 19.6 Å². The Morgan fingerprint density at radius 2 is 1.80 bits per heavy atom. The second kappa shape index (κ2) is 8.59. The molecule has 0 radical (unpaired) electrons. The average molecular weight is 455 g/mol. The van der Waals surface area contributed by atoms with Gasteiger partial charge >= 0.3 is 0 Å². The lowest BCUT2D eigenvalue weighted by Gasteiger charge is -2.32. The van der Waals surface area contributed by atoms with Crippen LogP contribution in [0.25, 0.3) is 16.9 Å². The van der Waals surface area contributed by atoms with E-state index in [0.717, 1.165) is 10.8 Å². The van der Waals surface area contributed by atoms with Gasteiger partial charge in [-0.1, -0.05) is 32.6 Å². The Morgan fingerprint density at radius 3 is 2.37 bits per heavy atom. The first kappa shape index (κ1) is 22.0. The lowest BCUT2D eigenvalue weighted by Crippen LogP contribution is -2.55. The standard InChI is InChI=1S/C15H13ClF6N8/c1-2-7(17)5-27(30(21)22)29(23)14-12(11-9(19)3-8(18)4-10(11)20)13(16)26-15-24-6-25-28(14)15/h3-4,6-7H,2,5,23H2,1H3. The summed E-state index contributed by atoms with van der Waals surface area (Å²) in [6, 6.07) is 0.710. The molecule has 0 saturated carbocycles. The van der Waals surface area contributed by atoms with Crippen LogP contribution in [0.15, 0.2) is 18.5 Å². The number of hydrogen-bond donors (Lipinski definition) is 1. The van der Waals surface area contributed by atoms with Crippen molar-refractivity contribution in [3.05, 3.63) is 41.1 Å². The van der Waals surface area contributed by atoms with Gasteiger partial charge in [-0.05, 0) is 6.42 Å². The highest BCUT2D eigenvalue weighted by molar-refractivity contribution is 6.33. The predicted octanol–water partition coefficient (Wildman–Crippen LogP) is 3.49. The highest BCUT2D eigenvalue weighted by atomic mass is 35.5. The molecule has 30 heavy (non-hydrogen) atoms. The second-order valence-corrected chi connectivity index (χ2v) is 6.30. The van der Waals surface area contributed by atoms with Gasteiger partial charge in [-0.25, -0.2) is 28.5 Å². The molecular formula is C15H13ClF6N8. The molecule has 3 rings (SSSR count). The van der Waals surface area contributed by atoms with Crippen molar-refractivity contribution >= 4 is 23.2 Å². The van der Waals surface area contributed by atoms with Crippen LogP contribution >= 0.6 is 11.6 Å². The van der Waals surface area contributed by atoms with Crippen LogP contribution in [0.2, 0.25) is 5.15 Å². The number of aromatic nitrogens is 4. The molecule has 8 nitrogen and oxygen atoms in total. The fraction of sp³-hybridized carbons (Fsp3) is 0.267. The zero-order valence-corrected chi connectivity index (χ0v) is 15.8. The first-order valence-corrected chi connectivity index (χ1v) is 8.65. The molecule has 162 valence electrons. The van der Waals surface area contributed by atoms with Crippen LogP contribution in [0.4, 0.5) is 32.3 Å². The molecule has 0 aliphatic rings. The van der Waals surface area contributed by atoms with E-state index in [1.54, 1.807) is 0 Å². The van der Waals surface area contributed by atoms with E-state index in [9.17, 15) is 26.5 Å². The van der Waals surface area contributed by atoms with E-state index in [-0.39, 0.29) is 22.4 Å². The fourth-order valence-corrected chi connectivity index (χ4v) is 2.90. The summed E-state index contributed by atoms with van der Waals surface area (Å²) in [4.78, 5) is 7.52. The van der Waals surface area contributed by atoms with E-state index in [1.807, 2.05) is 0 Å². The maximum Gasteiger partial charge on any atom is 0.255 e. The van der Waals surface area contributed by atoms with Gasteiger partial charge in [0.15, 0.2) is 5.82 Å². The number of benzene rings is 1. The summed E-state index contributed by atoms with van der Waals surface area (Å²) in [7, 11) is 0. The minimum Gasteiger partial charge on any atom is -0.246 e. The minimum absolute atomic E-state index is 0.0518. The number of hydrazine groups is 3. The number of anilines is 1. The maximum atomic E-state index is 14.5. The summed E-state index contributed by atoms with van der Waals surface area (Å²) < 4.78 is 83.9. The number of nitrogens with two attached hydrogens (primary N) is 1. The van der Waals surface area contributed by atoms with Crippen LogP contribution in [-0.4, -0.2) is 42.9 Å². The summed E-state index contributed by atoms with van der Waals surface area (Å²) in [6.45, 7) is 0.488. The van der Waals surface area contributed by atoms with E-state index in [1.165, 1.54) is 6.92 Å². The zero-order chi connectivity index (χ0) is 22.2. The number of hydrogen-bond acceptors (Lipinski definition) is 7. The summed E-state index contributed by atoms with van der Waals surface area (Å²) >= 11 is 6.05. The SMILES string of the molecule is CCC(F)CN(N(F)F)N(N)c1c(-c2c(F)cc(F)cc2F)c(Cl)nc2ncnn12. The highest BCUT2D eigenvalue weighted by Gasteiger charge is 2.32. The Bertz CT molecular complexity index is 1040. The van der Waals surface area contributed by atoms with Crippen molar-refractivity contribution in [1.82, 2.24) is 30.2 Å². The van der Waals surface area contributed by atoms with Crippen molar-refractivity contribution in [2.24, 2.45) is 5.84 Å². The largest absolute Gasteiger partial charge is 0.255 e. The Morgan fingerprint density at radius 1 is 1.17 bits per heavy atom. The van der Waals surface area contributed by atoms with Crippen LogP contribution < -0.4 is 11.0 Å². The van der Waals surface area contributed by atoms with Crippen molar-refractivity contribution in [3.63, 3.8) is 0 Å². The second-order valence-electron chi connectivity index (χ2n) is 5.94. The third kappa shape index (κ3) is 3.98. The number of fused-ring (bicyclic) bond motifs is 1. The van der Waals surface area contributed by atoms with Crippen LogP contribution in [-0.2, 0) is 0 Å². The third-order valence-corrected chi connectivity index (χ3v) is 4.33. The Kier molecular flexibility index (Phi) is 6.30. The van der Waals surface area contributed by atoms with Crippen molar-refractivity contribution in [2.75, 3.05) is 11.7 Å². The molecule has 0 fully saturated rings. The smallest absolute Gasteiger partial charge is 0.246 e. The lowest BCUT2D eigenvalue weighted by molar-refractivity contribution is -0.309. The Balaban J connectivity index is 2.30. The van der Waals surface area contributed by atoms with Gasteiger partial charge in [0.05, 0.1) is 17.7 Å². The number of nitrogens with zero attached hydrogens (tertiary/aromatic N) is 7. The van der Waals surface area contributed by atoms with E-state index < -0.39 is 57.7 Å². The van der Waals surface area contributed by atoms with E-state index in [2.05, 4.69) is 15.1 Å². The molecule has 2 heterocycles. The van der Waals surface area contributed by atoms with E-state index >= 15 is 0 Å². The molecule has 2 N–H and O–H groups in total. The molecule has 0 spiro atoms. The summed E-state index contributed by atoms with van der Waals surface area (Å²) in [5, 5.41) is 3.29. The maximum absolute atomic E-state index is 14.5. The van der Waals surface area contributed by atoms with Crippen molar-refractivity contribution in [2.45, 2.75) is 19.5 Å². The predicted molar refractivity (Wildman–Crippen MR) is 93.7 cm³/mol. The number of halogens is 7. The quantitative estimate of drug-likeness (QED) is 0.192. The van der Waals surface area contributed by atoms with E-state index in [4.69, 9.17) is 17.4 Å². The van der Waals surface area contributed by atoms with Gasteiger partial charge in [-0.15, -0.1) is 0 Å². The molecular weight excluding hydrogens is 442 g/mol. The van der Waals surface area contributed by atoms with Gasteiger partial charge in [0.1, 0.15) is 40.6 Å². The molecule has 1 unspecified atom stereocenters. The summed E-state index contributed by atoms with van der Waals surface area (Å²) in [5.41, 5.74) is -3.07. The monoisotopic (exact) mass is 454 g/mol. The topological polar surface area (TPSA) is 78.8 Å². The normalized spacial score (nSPS) is 12.9. The molecule has 0 bridgehead atoms. The van der Waals surface area contributed by atoms with E-state index in [0.29, 0.717) is 12.1 Å².